The number of hydrogen-bond acceptors (Lipinski definition) is 3. The number of benzene rings is 1. The third kappa shape index (κ3) is 22.6. The maximum atomic E-state index is 10.4. The van der Waals surface area contributed by atoms with Crippen LogP contribution in [0.1, 0.15) is 141 Å². The zero-order valence-electron chi connectivity index (χ0n) is 22.7. The molecule has 0 fully saturated rings. The number of thioether (sulfide) groups is 1. The zero-order valence-corrected chi connectivity index (χ0v) is 24.3. The summed E-state index contributed by atoms with van der Waals surface area (Å²) >= 11 is -0.0728. The smallest absolute Gasteiger partial charge is 0.0181 e. The topological polar surface area (TPSA) is 52.2 Å². The van der Waals surface area contributed by atoms with Gasteiger partial charge in [0.05, 0.1) is 0 Å². The molecule has 0 spiro atoms. The number of hydrogen-bond donors (Lipinski definition) is 1. The highest BCUT2D eigenvalue weighted by Crippen LogP contribution is 2.21. The average molecular weight is 525 g/mol. The summed E-state index contributed by atoms with van der Waals surface area (Å²) in [6.45, 7) is 2.87. The van der Waals surface area contributed by atoms with Crippen LogP contribution in [0, 0.1) is 0 Å². The van der Waals surface area contributed by atoms with Gasteiger partial charge < -0.3 is 4.55 Å². The summed E-state index contributed by atoms with van der Waals surface area (Å²) in [6, 6.07) is 9.33. The molecule has 3 nitrogen and oxygen atoms in total. The van der Waals surface area contributed by atoms with Crippen LogP contribution in [0.2, 0.25) is 0 Å². The summed E-state index contributed by atoms with van der Waals surface area (Å²) in [4.78, 5) is 1.43. The Morgan fingerprint density at radius 3 is 1.63 bits per heavy atom. The summed E-state index contributed by atoms with van der Waals surface area (Å²) in [7, 11) is 0. The Kier molecular flexibility index (Phi) is 23.6. The van der Waals surface area contributed by atoms with Gasteiger partial charge in [-0.15, -0.1) is 11.8 Å². The lowest BCUT2D eigenvalue weighted by Gasteiger charge is -2.06. The summed E-state index contributed by atoms with van der Waals surface area (Å²) in [5, 5.41) is 0. The molecule has 0 aliphatic carbocycles. The van der Waals surface area contributed by atoms with Gasteiger partial charge in [0.2, 0.25) is 0 Å². The Morgan fingerprint density at radius 2 is 1.11 bits per heavy atom. The van der Waals surface area contributed by atoms with E-state index < -0.39 is 11.3 Å². The van der Waals surface area contributed by atoms with Gasteiger partial charge in [-0.3, -0.25) is 4.21 Å². The van der Waals surface area contributed by atoms with Crippen molar-refractivity contribution in [1.29, 1.82) is 0 Å². The van der Waals surface area contributed by atoms with Crippen LogP contribution in [-0.4, -0.2) is 21.1 Å². The summed E-state index contributed by atoms with van der Waals surface area (Å²) < 4.78 is 23.2. The van der Waals surface area contributed by atoms with Gasteiger partial charge in [-0.25, -0.2) is 4.72 Å². The van der Waals surface area contributed by atoms with Gasteiger partial charge in [-0.1, -0.05) is 128 Å². The van der Waals surface area contributed by atoms with Crippen LogP contribution < -0.4 is 4.72 Å². The molecular weight excluding hydrogens is 470 g/mol. The molecule has 0 saturated heterocycles. The molecule has 35 heavy (non-hydrogen) atoms. The normalized spacial score (nSPS) is 12.3. The Hall–Kier alpha value is -0.360. The molecule has 0 bridgehead atoms. The Bertz CT molecular complexity index is 595. The fourth-order valence-corrected chi connectivity index (χ4v) is 5.78. The fraction of sp³-hybridized carbons (Fsp3) is 0.800. The van der Waals surface area contributed by atoms with E-state index in [9.17, 15) is 8.76 Å². The van der Waals surface area contributed by atoms with E-state index in [1.807, 2.05) is 11.8 Å². The minimum absolute atomic E-state index is 0.580. The van der Waals surface area contributed by atoms with Crippen molar-refractivity contribution in [3.8, 4) is 0 Å². The summed E-state index contributed by atoms with van der Waals surface area (Å²) in [5.74, 6) is 1.26. The highest BCUT2D eigenvalue weighted by atomic mass is 32.2. The van der Waals surface area contributed by atoms with E-state index in [1.165, 1.54) is 138 Å². The third-order valence-corrected chi connectivity index (χ3v) is 8.34. The third-order valence-electron chi connectivity index (χ3n) is 6.80. The van der Waals surface area contributed by atoms with Crippen molar-refractivity contribution < 1.29 is 8.76 Å². The minimum atomic E-state index is -2.10. The molecule has 0 amide bonds. The highest BCUT2D eigenvalue weighted by Gasteiger charge is 1.99. The Morgan fingerprint density at radius 1 is 0.657 bits per heavy atom. The van der Waals surface area contributed by atoms with E-state index in [0.717, 1.165) is 12.8 Å². The van der Waals surface area contributed by atoms with Crippen molar-refractivity contribution >= 4 is 23.0 Å². The largest absolute Gasteiger partial charge is 0.760 e. The van der Waals surface area contributed by atoms with Crippen LogP contribution in [0.15, 0.2) is 29.2 Å². The van der Waals surface area contributed by atoms with E-state index in [-0.39, 0.29) is 0 Å². The standard InChI is InChI=1S/C30H55NO2S2/c1-2-3-4-5-6-7-12-15-18-21-28-34-30-25-23-29(24-26-30)22-19-16-13-10-8-9-11-14-17-20-27-31-35(32)33/h23-26,31H,2-22,27-28H2,1H3,(H,32,33)/p-1. The maximum Gasteiger partial charge on any atom is 0.0181 e. The molecule has 0 aromatic heterocycles. The molecule has 1 unspecified atom stereocenters. The Labute approximate surface area is 224 Å². The maximum absolute atomic E-state index is 10.4. The second-order valence-electron chi connectivity index (χ2n) is 10.1. The Balaban J connectivity index is 1.87. The lowest BCUT2D eigenvalue weighted by atomic mass is 10.0. The average Bonchev–Trinajstić information content (AvgIpc) is 2.86. The van der Waals surface area contributed by atoms with Crippen molar-refractivity contribution in [2.24, 2.45) is 0 Å². The van der Waals surface area contributed by atoms with E-state index in [2.05, 4.69) is 35.9 Å². The first-order chi connectivity index (χ1) is 17.2. The minimum Gasteiger partial charge on any atom is -0.760 e. The molecule has 0 saturated carbocycles. The van der Waals surface area contributed by atoms with Crippen LogP contribution in [-0.2, 0) is 17.7 Å². The predicted molar refractivity (Wildman–Crippen MR) is 156 cm³/mol. The molecule has 1 atom stereocenters. The first kappa shape index (κ1) is 32.7. The molecule has 5 heteroatoms. The second kappa shape index (κ2) is 25.3. The van der Waals surface area contributed by atoms with E-state index in [0.29, 0.717) is 6.54 Å². The van der Waals surface area contributed by atoms with E-state index in [4.69, 9.17) is 0 Å². The zero-order chi connectivity index (χ0) is 25.2. The van der Waals surface area contributed by atoms with Gasteiger partial charge in [0.15, 0.2) is 0 Å². The van der Waals surface area contributed by atoms with Crippen molar-refractivity contribution in [1.82, 2.24) is 4.72 Å². The molecule has 1 N–H and O–H groups in total. The van der Waals surface area contributed by atoms with Crippen LogP contribution in [0.4, 0.5) is 0 Å². The first-order valence-electron chi connectivity index (χ1n) is 14.8. The highest BCUT2D eigenvalue weighted by molar-refractivity contribution is 7.99. The van der Waals surface area contributed by atoms with Gasteiger partial charge >= 0.3 is 0 Å². The lowest BCUT2D eigenvalue weighted by molar-refractivity contribution is 0.516. The van der Waals surface area contributed by atoms with Crippen LogP contribution in [0.3, 0.4) is 0 Å². The molecular formula is C30H54NO2S2-. The van der Waals surface area contributed by atoms with E-state index in [1.54, 1.807) is 0 Å². The van der Waals surface area contributed by atoms with Gasteiger partial charge in [-0.05, 0) is 49.1 Å². The van der Waals surface area contributed by atoms with Crippen LogP contribution in [0.25, 0.3) is 0 Å². The summed E-state index contributed by atoms with van der Waals surface area (Å²) in [5.41, 5.74) is 1.49. The molecule has 0 heterocycles. The molecule has 1 aromatic carbocycles. The lowest BCUT2D eigenvalue weighted by Crippen LogP contribution is -2.17. The van der Waals surface area contributed by atoms with Crippen LogP contribution in [0.5, 0.6) is 0 Å². The molecule has 0 radical (unpaired) electrons. The van der Waals surface area contributed by atoms with Gasteiger partial charge in [0, 0.05) is 22.7 Å². The first-order valence-corrected chi connectivity index (χ1v) is 16.8. The number of rotatable bonds is 26. The van der Waals surface area contributed by atoms with Crippen molar-refractivity contribution in [2.75, 3.05) is 12.3 Å². The summed E-state index contributed by atoms with van der Waals surface area (Å²) in [6.07, 6.45) is 27.9. The van der Waals surface area contributed by atoms with Crippen molar-refractivity contribution in [2.45, 2.75) is 147 Å². The quantitative estimate of drug-likeness (QED) is 0.0745. The predicted octanol–water partition coefficient (Wildman–Crippen LogP) is 9.53. The van der Waals surface area contributed by atoms with E-state index >= 15 is 0 Å². The SMILES string of the molecule is CCCCCCCCCCCCSc1ccc(CCCCCCCCCCCCNS(=O)[O-])cc1. The molecule has 0 aliphatic rings. The van der Waals surface area contributed by atoms with Crippen molar-refractivity contribution in [3.05, 3.63) is 29.8 Å². The van der Waals surface area contributed by atoms with Gasteiger partial charge in [-0.2, -0.15) is 0 Å². The second-order valence-corrected chi connectivity index (χ2v) is 12.0. The monoisotopic (exact) mass is 524 g/mol. The molecule has 204 valence electrons. The fourth-order valence-electron chi connectivity index (χ4n) is 4.56. The number of nitrogens with one attached hydrogen (secondary N) is 1. The number of aryl methyl sites for hydroxylation is 1. The van der Waals surface area contributed by atoms with Gasteiger partial charge in [0.1, 0.15) is 0 Å². The molecule has 1 aromatic rings. The number of unbranched alkanes of at least 4 members (excludes halogenated alkanes) is 18. The van der Waals surface area contributed by atoms with Gasteiger partial charge in [0.25, 0.3) is 0 Å². The molecule has 1 rings (SSSR count). The van der Waals surface area contributed by atoms with Crippen LogP contribution >= 0.6 is 11.8 Å². The van der Waals surface area contributed by atoms with Crippen molar-refractivity contribution in [3.63, 3.8) is 0 Å². The molecule has 0 aliphatic heterocycles.